The zero-order valence-electron chi connectivity index (χ0n) is 14.1. The highest BCUT2D eigenvalue weighted by atomic mass is 16.5. The fraction of sp³-hybridized carbons (Fsp3) is 0.824. The second-order valence-electron chi connectivity index (χ2n) is 7.11. The van der Waals surface area contributed by atoms with Crippen molar-refractivity contribution in [3.8, 4) is 0 Å². The molecule has 1 aliphatic carbocycles. The van der Waals surface area contributed by atoms with Crippen molar-refractivity contribution >= 4 is 0 Å². The van der Waals surface area contributed by atoms with Crippen molar-refractivity contribution < 1.29 is 4.74 Å². The minimum Gasteiger partial charge on any atom is -0.374 e. The maximum Gasteiger partial charge on any atom is 0.0641 e. The molecule has 1 N–H and O–H groups in total. The van der Waals surface area contributed by atoms with Gasteiger partial charge in [0.05, 0.1) is 23.9 Å². The fourth-order valence-electron chi connectivity index (χ4n) is 2.94. The van der Waals surface area contributed by atoms with Crippen molar-refractivity contribution in [2.24, 2.45) is 0 Å². The third-order valence-electron chi connectivity index (χ3n) is 4.03. The monoisotopic (exact) mass is 293 g/mol. The van der Waals surface area contributed by atoms with E-state index in [2.05, 4.69) is 50.0 Å². The van der Waals surface area contributed by atoms with E-state index in [-0.39, 0.29) is 5.60 Å². The minimum absolute atomic E-state index is 0.0864. The third-order valence-corrected chi connectivity index (χ3v) is 4.03. The van der Waals surface area contributed by atoms with Crippen LogP contribution in [0.25, 0.3) is 0 Å². The van der Waals surface area contributed by atoms with Crippen LogP contribution in [0.2, 0.25) is 0 Å². The number of ether oxygens (including phenoxy) is 1. The summed E-state index contributed by atoms with van der Waals surface area (Å²) in [4.78, 5) is 0. The molecule has 1 aliphatic rings. The lowest BCUT2D eigenvalue weighted by atomic mass is 10.1. The highest BCUT2D eigenvalue weighted by Gasteiger charge is 2.19. The lowest BCUT2D eigenvalue weighted by molar-refractivity contribution is -0.0143. The fourth-order valence-corrected chi connectivity index (χ4v) is 2.94. The van der Waals surface area contributed by atoms with Crippen LogP contribution in [0.4, 0.5) is 0 Å². The summed E-state index contributed by atoms with van der Waals surface area (Å²) in [5, 5.41) is 8.29. The number of hydrogen-bond donors (Lipinski definition) is 1. The van der Waals surface area contributed by atoms with Crippen molar-refractivity contribution in [3.05, 3.63) is 18.0 Å². The van der Waals surface area contributed by atoms with Gasteiger partial charge in [-0.25, -0.2) is 0 Å². The Kier molecular flexibility index (Phi) is 5.82. The molecule has 1 aromatic rings. The Bertz CT molecular complexity index is 416. The standard InChI is InChI=1S/C17H31N3O/c1-5-18-15(13-21-17(2,3)4)12-14-10-11-20(19-14)16-8-6-7-9-16/h10-11,15-16,18H,5-9,12-13H2,1-4H3. The van der Waals surface area contributed by atoms with Crippen molar-refractivity contribution in [1.82, 2.24) is 15.1 Å². The molecule has 1 saturated carbocycles. The lowest BCUT2D eigenvalue weighted by Crippen LogP contribution is -2.38. The van der Waals surface area contributed by atoms with E-state index < -0.39 is 0 Å². The van der Waals surface area contributed by atoms with Gasteiger partial charge < -0.3 is 10.1 Å². The molecule has 1 fully saturated rings. The molecule has 4 nitrogen and oxygen atoms in total. The normalized spacial score (nSPS) is 18.3. The molecule has 1 aromatic heterocycles. The van der Waals surface area contributed by atoms with Crippen LogP contribution in [0.3, 0.4) is 0 Å². The smallest absolute Gasteiger partial charge is 0.0641 e. The summed E-state index contributed by atoms with van der Waals surface area (Å²) in [5.41, 5.74) is 1.09. The number of nitrogens with zero attached hydrogens (tertiary/aromatic N) is 2. The van der Waals surface area contributed by atoms with E-state index in [1.54, 1.807) is 0 Å². The van der Waals surface area contributed by atoms with Gasteiger partial charge in [-0.3, -0.25) is 4.68 Å². The van der Waals surface area contributed by atoms with Crippen molar-refractivity contribution in [3.63, 3.8) is 0 Å². The van der Waals surface area contributed by atoms with Gasteiger partial charge in [0.1, 0.15) is 0 Å². The predicted octanol–water partition coefficient (Wildman–Crippen LogP) is 3.33. The lowest BCUT2D eigenvalue weighted by Gasteiger charge is -2.24. The molecule has 0 amide bonds. The van der Waals surface area contributed by atoms with Gasteiger partial charge >= 0.3 is 0 Å². The maximum absolute atomic E-state index is 5.93. The van der Waals surface area contributed by atoms with Crippen LogP contribution in [-0.4, -0.2) is 34.6 Å². The summed E-state index contributed by atoms with van der Waals surface area (Å²) >= 11 is 0. The van der Waals surface area contributed by atoms with Gasteiger partial charge in [-0.2, -0.15) is 5.10 Å². The zero-order chi connectivity index (χ0) is 15.3. The Hall–Kier alpha value is -0.870. The molecule has 1 unspecified atom stereocenters. The average molecular weight is 293 g/mol. The third kappa shape index (κ3) is 5.44. The van der Waals surface area contributed by atoms with Crippen LogP contribution in [-0.2, 0) is 11.2 Å². The van der Waals surface area contributed by atoms with Crippen LogP contribution < -0.4 is 5.32 Å². The van der Waals surface area contributed by atoms with Crippen molar-refractivity contribution in [1.29, 1.82) is 0 Å². The maximum atomic E-state index is 5.93. The molecule has 0 radical (unpaired) electrons. The second kappa shape index (κ2) is 7.41. The topological polar surface area (TPSA) is 39.1 Å². The second-order valence-corrected chi connectivity index (χ2v) is 7.11. The molecule has 0 aliphatic heterocycles. The van der Waals surface area contributed by atoms with E-state index in [9.17, 15) is 0 Å². The van der Waals surface area contributed by atoms with Crippen LogP contribution in [0, 0.1) is 0 Å². The zero-order valence-corrected chi connectivity index (χ0v) is 14.1. The van der Waals surface area contributed by atoms with Crippen LogP contribution in [0.15, 0.2) is 12.3 Å². The van der Waals surface area contributed by atoms with Gasteiger partial charge in [0.2, 0.25) is 0 Å². The molecule has 0 bridgehead atoms. The first kappa shape index (κ1) is 16.5. The molecule has 4 heteroatoms. The molecule has 1 atom stereocenters. The van der Waals surface area contributed by atoms with Crippen LogP contribution >= 0.6 is 0 Å². The summed E-state index contributed by atoms with van der Waals surface area (Å²) in [6, 6.07) is 3.13. The number of aromatic nitrogens is 2. The Balaban J connectivity index is 1.90. The first-order chi connectivity index (χ1) is 9.98. The van der Waals surface area contributed by atoms with Crippen molar-refractivity contribution in [2.45, 2.75) is 77.5 Å². The highest BCUT2D eigenvalue weighted by molar-refractivity contribution is 5.03. The van der Waals surface area contributed by atoms with Gasteiger partial charge in [-0.05, 0) is 46.2 Å². The molecule has 1 heterocycles. The number of rotatable bonds is 7. The molecule has 0 aromatic carbocycles. The Morgan fingerprint density at radius 1 is 1.38 bits per heavy atom. The molecule has 0 spiro atoms. The van der Waals surface area contributed by atoms with Crippen LogP contribution in [0.5, 0.6) is 0 Å². The summed E-state index contributed by atoms with van der Waals surface area (Å²) < 4.78 is 8.10. The van der Waals surface area contributed by atoms with Gasteiger partial charge in [-0.1, -0.05) is 19.8 Å². The molecule has 0 saturated heterocycles. The molecule has 2 rings (SSSR count). The summed E-state index contributed by atoms with van der Waals surface area (Å²) in [6.45, 7) is 10.1. The summed E-state index contributed by atoms with van der Waals surface area (Å²) in [6.07, 6.45) is 8.34. The quantitative estimate of drug-likeness (QED) is 0.838. The van der Waals surface area contributed by atoms with E-state index >= 15 is 0 Å². The van der Waals surface area contributed by atoms with Gasteiger partial charge in [0.15, 0.2) is 0 Å². The Labute approximate surface area is 129 Å². The van der Waals surface area contributed by atoms with Crippen LogP contribution in [0.1, 0.15) is 65.1 Å². The predicted molar refractivity (Wildman–Crippen MR) is 86.6 cm³/mol. The first-order valence-electron chi connectivity index (χ1n) is 8.39. The van der Waals surface area contributed by atoms with E-state index in [1.165, 1.54) is 31.4 Å². The minimum atomic E-state index is -0.0864. The van der Waals surface area contributed by atoms with E-state index in [4.69, 9.17) is 9.84 Å². The first-order valence-corrected chi connectivity index (χ1v) is 8.39. The molecule has 120 valence electrons. The largest absolute Gasteiger partial charge is 0.374 e. The van der Waals surface area contributed by atoms with E-state index in [0.29, 0.717) is 12.1 Å². The SMILES string of the molecule is CCNC(COC(C)(C)C)Cc1ccn(C2CCCC2)n1. The Morgan fingerprint density at radius 2 is 2.10 bits per heavy atom. The number of likely N-dealkylation sites (N-methyl/N-ethyl adjacent to an activating group) is 1. The Morgan fingerprint density at radius 3 is 2.71 bits per heavy atom. The molecular weight excluding hydrogens is 262 g/mol. The molecule has 21 heavy (non-hydrogen) atoms. The van der Waals surface area contributed by atoms with Crippen molar-refractivity contribution in [2.75, 3.05) is 13.2 Å². The highest BCUT2D eigenvalue weighted by Crippen LogP contribution is 2.28. The number of hydrogen-bond acceptors (Lipinski definition) is 3. The summed E-state index contributed by atoms with van der Waals surface area (Å²) in [7, 11) is 0. The van der Waals surface area contributed by atoms with Gasteiger partial charge in [0, 0.05) is 18.7 Å². The van der Waals surface area contributed by atoms with E-state index in [1.807, 2.05) is 0 Å². The number of nitrogens with one attached hydrogen (secondary N) is 1. The average Bonchev–Trinajstić information content (AvgIpc) is 3.05. The van der Waals surface area contributed by atoms with Gasteiger partial charge in [0.25, 0.3) is 0 Å². The summed E-state index contributed by atoms with van der Waals surface area (Å²) in [5.74, 6) is 0. The molecular formula is C17H31N3O. The van der Waals surface area contributed by atoms with Gasteiger partial charge in [-0.15, -0.1) is 0 Å². The van der Waals surface area contributed by atoms with E-state index in [0.717, 1.165) is 19.6 Å².